The van der Waals surface area contributed by atoms with Gasteiger partial charge in [-0.3, -0.25) is 4.79 Å². The molecule has 3 nitrogen and oxygen atoms in total. The van der Waals surface area contributed by atoms with Crippen LogP contribution < -0.4 is 5.32 Å². The van der Waals surface area contributed by atoms with Gasteiger partial charge in [0.1, 0.15) is 5.82 Å². The number of amides is 1. The van der Waals surface area contributed by atoms with Gasteiger partial charge in [0, 0.05) is 18.7 Å². The van der Waals surface area contributed by atoms with Gasteiger partial charge in [-0.05, 0) is 56.0 Å². The average Bonchev–Trinajstić information content (AvgIpc) is 2.90. The van der Waals surface area contributed by atoms with Crippen LogP contribution in [0.5, 0.6) is 0 Å². The summed E-state index contributed by atoms with van der Waals surface area (Å²) in [5.41, 5.74) is -1.42. The van der Waals surface area contributed by atoms with Crippen LogP contribution in [-0.4, -0.2) is 37.0 Å². The number of piperidine rings is 1. The summed E-state index contributed by atoms with van der Waals surface area (Å²) in [5, 5.41) is 3.27. The molecule has 134 valence electrons. The fourth-order valence-electron chi connectivity index (χ4n) is 3.53. The van der Waals surface area contributed by atoms with E-state index in [9.17, 15) is 22.4 Å². The van der Waals surface area contributed by atoms with Gasteiger partial charge in [-0.2, -0.15) is 13.2 Å². The van der Waals surface area contributed by atoms with Gasteiger partial charge in [-0.25, -0.2) is 4.39 Å². The van der Waals surface area contributed by atoms with Gasteiger partial charge in [0.2, 0.25) is 0 Å². The number of halogens is 5. The monoisotopic (exact) mass is 366 g/mol. The van der Waals surface area contributed by atoms with Crippen molar-refractivity contribution in [2.75, 3.05) is 26.2 Å². The van der Waals surface area contributed by atoms with Crippen molar-refractivity contribution in [1.29, 1.82) is 0 Å². The van der Waals surface area contributed by atoms with Crippen molar-refractivity contribution in [1.82, 2.24) is 10.2 Å². The van der Waals surface area contributed by atoms with E-state index in [-0.39, 0.29) is 23.4 Å². The zero-order valence-electron chi connectivity index (χ0n) is 13.0. The first-order chi connectivity index (χ1) is 10.8. The van der Waals surface area contributed by atoms with Gasteiger partial charge in [-0.1, -0.05) is 0 Å². The van der Waals surface area contributed by atoms with Crippen LogP contribution in [0.4, 0.5) is 17.6 Å². The third-order valence-electron chi connectivity index (χ3n) is 4.91. The van der Waals surface area contributed by atoms with E-state index in [0.717, 1.165) is 38.4 Å². The molecule has 1 spiro atoms. The third-order valence-corrected chi connectivity index (χ3v) is 4.91. The number of likely N-dealkylation sites (tertiary alicyclic amines) is 1. The van der Waals surface area contributed by atoms with E-state index in [4.69, 9.17) is 0 Å². The van der Waals surface area contributed by atoms with Crippen molar-refractivity contribution >= 4 is 18.3 Å². The van der Waals surface area contributed by atoms with Gasteiger partial charge in [0.15, 0.2) is 0 Å². The lowest BCUT2D eigenvalue weighted by Gasteiger charge is -2.33. The smallest absolute Gasteiger partial charge is 0.338 e. The lowest BCUT2D eigenvalue weighted by Crippen LogP contribution is -2.39. The summed E-state index contributed by atoms with van der Waals surface area (Å²) in [6, 6.07) is 2.46. The molecule has 0 unspecified atom stereocenters. The fraction of sp³-hybridized carbons (Fsp3) is 0.562. The third kappa shape index (κ3) is 3.67. The molecular weight excluding hydrogens is 348 g/mol. The molecule has 0 aromatic heterocycles. The standard InChI is InChI=1S/C16H18F4N2O.ClH/c17-13-2-1-11(9-12(13)16(18,19)20)14(23)22-8-5-15(10-22)3-6-21-7-4-15;/h1-2,9,21H,3-8,10H2;1H. The molecule has 2 fully saturated rings. The van der Waals surface area contributed by atoms with Gasteiger partial charge >= 0.3 is 6.18 Å². The number of nitrogens with one attached hydrogen (secondary N) is 1. The Hall–Kier alpha value is -1.34. The SMILES string of the molecule is Cl.O=C(c1ccc(F)c(C(F)(F)F)c1)N1CCC2(CCNCC2)C1. The van der Waals surface area contributed by atoms with Crippen molar-refractivity contribution in [3.63, 3.8) is 0 Å². The number of rotatable bonds is 1. The summed E-state index contributed by atoms with van der Waals surface area (Å²) in [6.45, 7) is 2.90. The van der Waals surface area contributed by atoms with Crippen LogP contribution in [-0.2, 0) is 6.18 Å². The number of hydrogen-bond donors (Lipinski definition) is 1. The summed E-state index contributed by atoms with van der Waals surface area (Å²) < 4.78 is 51.7. The second-order valence-electron chi connectivity index (χ2n) is 6.42. The van der Waals surface area contributed by atoms with Crippen LogP contribution in [0.3, 0.4) is 0 Å². The summed E-state index contributed by atoms with van der Waals surface area (Å²) in [4.78, 5) is 14.1. The molecule has 2 heterocycles. The first kappa shape index (κ1) is 19.0. The average molecular weight is 367 g/mol. The van der Waals surface area contributed by atoms with E-state index in [0.29, 0.717) is 25.2 Å². The molecule has 3 rings (SSSR count). The molecule has 2 aliphatic heterocycles. The van der Waals surface area contributed by atoms with Gasteiger partial charge in [-0.15, -0.1) is 12.4 Å². The summed E-state index contributed by atoms with van der Waals surface area (Å²) >= 11 is 0. The highest BCUT2D eigenvalue weighted by atomic mass is 35.5. The molecule has 1 amide bonds. The molecule has 24 heavy (non-hydrogen) atoms. The Labute approximate surface area is 143 Å². The number of nitrogens with zero attached hydrogens (tertiary/aromatic N) is 1. The van der Waals surface area contributed by atoms with Crippen molar-refractivity contribution in [3.05, 3.63) is 35.1 Å². The Bertz CT molecular complexity index is 615. The van der Waals surface area contributed by atoms with Gasteiger partial charge in [0.25, 0.3) is 5.91 Å². The fourth-order valence-corrected chi connectivity index (χ4v) is 3.53. The minimum atomic E-state index is -4.80. The van der Waals surface area contributed by atoms with E-state index in [1.54, 1.807) is 4.90 Å². The zero-order valence-corrected chi connectivity index (χ0v) is 13.8. The second kappa shape index (κ2) is 6.88. The first-order valence-electron chi connectivity index (χ1n) is 7.68. The first-order valence-corrected chi connectivity index (χ1v) is 7.68. The van der Waals surface area contributed by atoms with Crippen molar-refractivity contribution < 1.29 is 22.4 Å². The van der Waals surface area contributed by atoms with Crippen molar-refractivity contribution in [2.24, 2.45) is 5.41 Å². The van der Waals surface area contributed by atoms with Crippen LogP contribution in [0.2, 0.25) is 0 Å². The molecular formula is C16H19ClF4N2O. The normalized spacial score (nSPS) is 20.1. The molecule has 2 saturated heterocycles. The summed E-state index contributed by atoms with van der Waals surface area (Å²) in [7, 11) is 0. The molecule has 0 atom stereocenters. The lowest BCUT2D eigenvalue weighted by molar-refractivity contribution is -0.140. The van der Waals surface area contributed by atoms with Gasteiger partial charge < -0.3 is 10.2 Å². The molecule has 0 radical (unpaired) electrons. The number of alkyl halides is 3. The Morgan fingerprint density at radius 3 is 2.46 bits per heavy atom. The number of carbonyl (C=O) groups is 1. The van der Waals surface area contributed by atoms with E-state index in [1.807, 2.05) is 0 Å². The van der Waals surface area contributed by atoms with Crippen molar-refractivity contribution in [3.8, 4) is 0 Å². The Balaban J connectivity index is 0.00000208. The van der Waals surface area contributed by atoms with E-state index in [1.165, 1.54) is 0 Å². The zero-order chi connectivity index (χ0) is 16.7. The molecule has 1 aromatic rings. The number of hydrogen-bond acceptors (Lipinski definition) is 2. The van der Waals surface area contributed by atoms with E-state index >= 15 is 0 Å². The predicted octanol–water partition coefficient (Wildman–Crippen LogP) is 3.48. The maximum Gasteiger partial charge on any atom is 0.419 e. The van der Waals surface area contributed by atoms with Crippen LogP contribution in [0, 0.1) is 11.2 Å². The maximum absolute atomic E-state index is 13.3. The summed E-state index contributed by atoms with van der Waals surface area (Å²) in [5.74, 6) is -1.81. The van der Waals surface area contributed by atoms with Crippen LogP contribution >= 0.6 is 12.4 Å². The highest BCUT2D eigenvalue weighted by Crippen LogP contribution is 2.39. The van der Waals surface area contributed by atoms with E-state index < -0.39 is 23.5 Å². The topological polar surface area (TPSA) is 32.3 Å². The second-order valence-corrected chi connectivity index (χ2v) is 6.42. The highest BCUT2D eigenvalue weighted by molar-refractivity contribution is 5.94. The molecule has 0 bridgehead atoms. The quantitative estimate of drug-likeness (QED) is 0.772. The largest absolute Gasteiger partial charge is 0.419 e. The molecule has 1 aromatic carbocycles. The molecule has 0 saturated carbocycles. The Morgan fingerprint density at radius 1 is 1.17 bits per heavy atom. The Morgan fingerprint density at radius 2 is 1.83 bits per heavy atom. The van der Waals surface area contributed by atoms with Crippen LogP contribution in [0.25, 0.3) is 0 Å². The van der Waals surface area contributed by atoms with Crippen molar-refractivity contribution in [2.45, 2.75) is 25.4 Å². The van der Waals surface area contributed by atoms with Gasteiger partial charge in [0.05, 0.1) is 5.56 Å². The highest BCUT2D eigenvalue weighted by Gasteiger charge is 2.41. The van der Waals surface area contributed by atoms with Crippen LogP contribution in [0.1, 0.15) is 35.2 Å². The van der Waals surface area contributed by atoms with Crippen LogP contribution in [0.15, 0.2) is 18.2 Å². The molecule has 1 N–H and O–H groups in total. The minimum absolute atomic E-state index is 0. The minimum Gasteiger partial charge on any atom is -0.338 e. The maximum atomic E-state index is 13.3. The number of benzene rings is 1. The number of carbonyl (C=O) groups excluding carboxylic acids is 1. The molecule has 0 aliphatic carbocycles. The molecule has 2 aliphatic rings. The Kier molecular flexibility index (Phi) is 5.44. The predicted molar refractivity (Wildman–Crippen MR) is 83.7 cm³/mol. The lowest BCUT2D eigenvalue weighted by atomic mass is 9.78. The summed E-state index contributed by atoms with van der Waals surface area (Å²) in [6.07, 6.45) is -2.00. The molecule has 8 heteroatoms. The van der Waals surface area contributed by atoms with E-state index in [2.05, 4.69) is 5.32 Å².